The van der Waals surface area contributed by atoms with Gasteiger partial charge in [0.2, 0.25) is 0 Å². The van der Waals surface area contributed by atoms with Gasteiger partial charge < -0.3 is 9.64 Å². The first-order valence-electron chi connectivity index (χ1n) is 10.9. The van der Waals surface area contributed by atoms with Crippen molar-refractivity contribution in [2.75, 3.05) is 32.7 Å². The highest BCUT2D eigenvalue weighted by molar-refractivity contribution is 6.32. The zero-order chi connectivity index (χ0) is 22.3. The molecule has 0 spiro atoms. The fourth-order valence-corrected chi connectivity index (χ4v) is 4.35. The van der Waals surface area contributed by atoms with Crippen LogP contribution in [0.2, 0.25) is 10.0 Å². The Balaban J connectivity index is 1.35. The van der Waals surface area contributed by atoms with E-state index in [-0.39, 0.29) is 16.9 Å². The van der Waals surface area contributed by atoms with Crippen molar-refractivity contribution < 1.29 is 9.13 Å². The third-order valence-electron chi connectivity index (χ3n) is 5.83. The summed E-state index contributed by atoms with van der Waals surface area (Å²) in [7, 11) is 0. The van der Waals surface area contributed by atoms with Gasteiger partial charge >= 0.3 is 0 Å². The van der Waals surface area contributed by atoms with E-state index >= 15 is 0 Å². The number of hydrogen-bond donors (Lipinski definition) is 0. The number of piperazine rings is 1. The minimum absolute atomic E-state index is 0.197. The van der Waals surface area contributed by atoms with Crippen molar-refractivity contribution in [3.8, 4) is 5.75 Å². The number of benzene rings is 3. The molecule has 1 atom stereocenters. The summed E-state index contributed by atoms with van der Waals surface area (Å²) in [6.45, 7) is 6.05. The van der Waals surface area contributed by atoms with Crippen LogP contribution >= 0.6 is 23.2 Å². The van der Waals surface area contributed by atoms with Crippen LogP contribution in [0, 0.1) is 5.82 Å². The minimum atomic E-state index is -0.376. The summed E-state index contributed by atoms with van der Waals surface area (Å²) < 4.78 is 19.7. The molecular formula is C26H27Cl2FN2O. The van der Waals surface area contributed by atoms with E-state index in [9.17, 15) is 4.39 Å². The number of hydrogen-bond acceptors (Lipinski definition) is 3. The van der Waals surface area contributed by atoms with E-state index in [0.717, 1.165) is 51.3 Å². The molecular weight excluding hydrogens is 446 g/mol. The number of ether oxygens (including phenoxy) is 1. The van der Waals surface area contributed by atoms with Gasteiger partial charge in [0.15, 0.2) is 0 Å². The van der Waals surface area contributed by atoms with Gasteiger partial charge in [-0.25, -0.2) is 4.39 Å². The van der Waals surface area contributed by atoms with Crippen LogP contribution in [0.1, 0.15) is 23.7 Å². The van der Waals surface area contributed by atoms with Crippen LogP contribution in [0.3, 0.4) is 0 Å². The zero-order valence-corrected chi connectivity index (χ0v) is 19.4. The number of halogens is 3. The van der Waals surface area contributed by atoms with Crippen LogP contribution in [0.25, 0.3) is 0 Å². The van der Waals surface area contributed by atoms with Gasteiger partial charge in [0, 0.05) is 50.7 Å². The molecule has 32 heavy (non-hydrogen) atoms. The van der Waals surface area contributed by atoms with Gasteiger partial charge in [-0.05, 0) is 41.5 Å². The lowest BCUT2D eigenvalue weighted by molar-refractivity contribution is 0.107. The van der Waals surface area contributed by atoms with Gasteiger partial charge in [-0.1, -0.05) is 65.7 Å². The highest BCUT2D eigenvalue weighted by Gasteiger charge is 2.21. The van der Waals surface area contributed by atoms with Crippen LogP contribution in [-0.2, 0) is 6.54 Å². The summed E-state index contributed by atoms with van der Waals surface area (Å²) in [4.78, 5) is 4.97. The molecule has 0 aliphatic carbocycles. The summed E-state index contributed by atoms with van der Waals surface area (Å²) in [5.74, 6) is 0.111. The second-order valence-electron chi connectivity index (χ2n) is 8.12. The topological polar surface area (TPSA) is 15.7 Å². The average molecular weight is 473 g/mol. The molecule has 0 amide bonds. The predicted octanol–water partition coefficient (Wildman–Crippen LogP) is 6.46. The average Bonchev–Trinajstić information content (AvgIpc) is 2.80. The van der Waals surface area contributed by atoms with Gasteiger partial charge in [-0.3, -0.25) is 4.90 Å². The minimum Gasteiger partial charge on any atom is -0.484 e. The van der Waals surface area contributed by atoms with Gasteiger partial charge in [0.25, 0.3) is 0 Å². The fourth-order valence-electron chi connectivity index (χ4n) is 4.01. The number of rotatable bonds is 8. The Bertz CT molecular complexity index is 992. The summed E-state index contributed by atoms with van der Waals surface area (Å²) >= 11 is 12.3. The molecule has 168 valence electrons. The molecule has 1 aliphatic heterocycles. The maximum atomic E-state index is 13.4. The molecule has 0 aromatic heterocycles. The maximum Gasteiger partial charge on any atom is 0.139 e. The Labute approximate surface area is 199 Å². The fraction of sp³-hybridized carbons (Fsp3) is 0.308. The molecule has 3 aromatic carbocycles. The summed E-state index contributed by atoms with van der Waals surface area (Å²) in [5, 5.41) is 0.959. The molecule has 0 radical (unpaired) electrons. The van der Waals surface area contributed by atoms with Crippen LogP contribution in [-0.4, -0.2) is 42.5 Å². The summed E-state index contributed by atoms with van der Waals surface area (Å²) in [5.41, 5.74) is 2.38. The molecule has 4 rings (SSSR count). The molecule has 3 nitrogen and oxygen atoms in total. The quantitative estimate of drug-likeness (QED) is 0.374. The molecule has 6 heteroatoms. The lowest BCUT2D eigenvalue weighted by Gasteiger charge is -2.35. The van der Waals surface area contributed by atoms with E-state index in [1.807, 2.05) is 24.3 Å². The van der Waals surface area contributed by atoms with Crippen molar-refractivity contribution in [1.82, 2.24) is 9.80 Å². The first kappa shape index (κ1) is 23.1. The van der Waals surface area contributed by atoms with Gasteiger partial charge in [0.1, 0.15) is 17.7 Å². The van der Waals surface area contributed by atoms with Crippen molar-refractivity contribution in [3.63, 3.8) is 0 Å². The molecule has 1 fully saturated rings. The third kappa shape index (κ3) is 6.46. The van der Waals surface area contributed by atoms with Crippen molar-refractivity contribution in [2.24, 2.45) is 0 Å². The second-order valence-corrected chi connectivity index (χ2v) is 8.97. The SMILES string of the molecule is Fc1ccc(OC(CCN2CCN(Cc3ccccc3)CC2)c2ccc(Cl)cc2)c(Cl)c1. The van der Waals surface area contributed by atoms with E-state index in [4.69, 9.17) is 27.9 Å². The van der Waals surface area contributed by atoms with E-state index < -0.39 is 0 Å². The first-order chi connectivity index (χ1) is 15.6. The highest BCUT2D eigenvalue weighted by Crippen LogP contribution is 2.32. The van der Waals surface area contributed by atoms with Crippen LogP contribution < -0.4 is 4.74 Å². The van der Waals surface area contributed by atoms with Crippen LogP contribution in [0.15, 0.2) is 72.8 Å². The maximum absolute atomic E-state index is 13.4. The summed E-state index contributed by atoms with van der Waals surface area (Å²) in [6.07, 6.45) is 0.603. The van der Waals surface area contributed by atoms with Crippen LogP contribution in [0.4, 0.5) is 4.39 Å². The van der Waals surface area contributed by atoms with Gasteiger partial charge in [-0.15, -0.1) is 0 Å². The standard InChI is InChI=1S/C26H27Cl2FN2O/c27-22-8-6-21(7-9-22)25(32-26-11-10-23(29)18-24(26)28)12-13-30-14-16-31(17-15-30)19-20-4-2-1-3-5-20/h1-11,18,25H,12-17,19H2. The highest BCUT2D eigenvalue weighted by atomic mass is 35.5. The van der Waals surface area contributed by atoms with Gasteiger partial charge in [-0.2, -0.15) is 0 Å². The zero-order valence-electron chi connectivity index (χ0n) is 17.9. The van der Waals surface area contributed by atoms with E-state index in [1.54, 1.807) is 6.07 Å². The third-order valence-corrected chi connectivity index (χ3v) is 6.37. The van der Waals surface area contributed by atoms with Crippen molar-refractivity contribution in [1.29, 1.82) is 0 Å². The largest absolute Gasteiger partial charge is 0.484 e. The Morgan fingerprint density at radius 2 is 1.53 bits per heavy atom. The Morgan fingerprint density at radius 3 is 2.22 bits per heavy atom. The normalized spacial score (nSPS) is 16.1. The van der Waals surface area contributed by atoms with Crippen LogP contribution in [0.5, 0.6) is 5.75 Å². The summed E-state index contributed by atoms with van der Waals surface area (Å²) in [6, 6.07) is 22.5. The molecule has 1 aliphatic rings. The van der Waals surface area contributed by atoms with E-state index in [1.165, 1.54) is 17.7 Å². The van der Waals surface area contributed by atoms with E-state index in [2.05, 4.69) is 40.1 Å². The van der Waals surface area contributed by atoms with Crippen molar-refractivity contribution in [2.45, 2.75) is 19.1 Å². The molecule has 1 heterocycles. The van der Waals surface area contributed by atoms with E-state index in [0.29, 0.717) is 10.8 Å². The van der Waals surface area contributed by atoms with Crippen molar-refractivity contribution in [3.05, 3.63) is 99.8 Å². The van der Waals surface area contributed by atoms with Crippen molar-refractivity contribution >= 4 is 23.2 Å². The monoisotopic (exact) mass is 472 g/mol. The molecule has 1 saturated heterocycles. The van der Waals surface area contributed by atoms with Gasteiger partial charge in [0.05, 0.1) is 5.02 Å². The first-order valence-corrected chi connectivity index (χ1v) is 11.7. The molecule has 0 N–H and O–H groups in total. The Hall–Kier alpha value is -2.11. The Kier molecular flexibility index (Phi) is 8.04. The Morgan fingerprint density at radius 1 is 0.844 bits per heavy atom. The molecule has 0 saturated carbocycles. The molecule has 0 bridgehead atoms. The smallest absolute Gasteiger partial charge is 0.139 e. The molecule has 1 unspecified atom stereocenters. The lowest BCUT2D eigenvalue weighted by atomic mass is 10.1. The lowest BCUT2D eigenvalue weighted by Crippen LogP contribution is -2.46. The second kappa shape index (κ2) is 11.2. The number of nitrogens with zero attached hydrogens (tertiary/aromatic N) is 2. The predicted molar refractivity (Wildman–Crippen MR) is 129 cm³/mol. The molecule has 3 aromatic rings.